The van der Waals surface area contributed by atoms with Crippen LogP contribution in [-0.4, -0.2) is 53.8 Å². The summed E-state index contributed by atoms with van der Waals surface area (Å²) in [5, 5.41) is 10.5. The Kier molecular flexibility index (Phi) is 4.23. The molecule has 1 aliphatic rings. The van der Waals surface area contributed by atoms with Crippen LogP contribution in [-0.2, 0) is 16.6 Å². The summed E-state index contributed by atoms with van der Waals surface area (Å²) in [6.45, 7) is 2.69. The third-order valence-corrected chi connectivity index (χ3v) is 5.05. The van der Waals surface area contributed by atoms with Crippen LogP contribution in [0, 0.1) is 5.92 Å². The largest absolute Gasteiger partial charge is 0.312 e. The van der Waals surface area contributed by atoms with Crippen molar-refractivity contribution in [1.82, 2.24) is 24.8 Å². The van der Waals surface area contributed by atoms with Gasteiger partial charge in [-0.05, 0) is 18.1 Å². The highest BCUT2D eigenvalue weighted by Crippen LogP contribution is 2.20. The first-order valence-electron chi connectivity index (χ1n) is 7.12. The van der Waals surface area contributed by atoms with Gasteiger partial charge < -0.3 is 5.32 Å². The molecule has 2 aromatic heterocycles. The smallest absolute Gasteiger partial charge is 0.211 e. The number of rotatable bonds is 6. The van der Waals surface area contributed by atoms with E-state index in [0.717, 1.165) is 23.4 Å². The quantitative estimate of drug-likeness (QED) is 0.806. The SMILES string of the molecule is CS(=O)(=O)N1CC(CNCc2cn[nH]c2-c2cccnc2)C1. The third-order valence-electron chi connectivity index (χ3n) is 3.81. The number of H-pyrrole nitrogens is 1. The van der Waals surface area contributed by atoms with E-state index in [2.05, 4.69) is 20.5 Å². The van der Waals surface area contributed by atoms with E-state index < -0.39 is 10.0 Å². The summed E-state index contributed by atoms with van der Waals surface area (Å²) in [6.07, 6.45) is 6.59. The van der Waals surface area contributed by atoms with Crippen LogP contribution < -0.4 is 5.32 Å². The van der Waals surface area contributed by atoms with Crippen molar-refractivity contribution < 1.29 is 8.42 Å². The molecule has 0 atom stereocenters. The second-order valence-electron chi connectivity index (χ2n) is 5.59. The Balaban J connectivity index is 1.51. The van der Waals surface area contributed by atoms with Crippen molar-refractivity contribution in [2.24, 2.45) is 5.92 Å². The van der Waals surface area contributed by atoms with Crippen molar-refractivity contribution in [1.29, 1.82) is 0 Å². The van der Waals surface area contributed by atoms with E-state index >= 15 is 0 Å². The van der Waals surface area contributed by atoms with Crippen molar-refractivity contribution >= 4 is 10.0 Å². The van der Waals surface area contributed by atoms with Crippen LogP contribution >= 0.6 is 0 Å². The molecule has 1 fully saturated rings. The average Bonchev–Trinajstić information content (AvgIpc) is 2.89. The molecule has 3 rings (SSSR count). The molecule has 0 bridgehead atoms. The van der Waals surface area contributed by atoms with E-state index in [1.54, 1.807) is 18.6 Å². The van der Waals surface area contributed by atoms with Crippen LogP contribution in [0.1, 0.15) is 5.56 Å². The Morgan fingerprint density at radius 1 is 1.41 bits per heavy atom. The Labute approximate surface area is 129 Å². The predicted octanol–water partition coefficient (Wildman–Crippen LogP) is 0.453. The molecule has 2 N–H and O–H groups in total. The number of hydrogen-bond donors (Lipinski definition) is 2. The predicted molar refractivity (Wildman–Crippen MR) is 83.4 cm³/mol. The van der Waals surface area contributed by atoms with Gasteiger partial charge in [0.05, 0.1) is 18.1 Å². The molecule has 118 valence electrons. The molecule has 7 nitrogen and oxygen atoms in total. The molecule has 0 amide bonds. The lowest BCUT2D eigenvalue weighted by Crippen LogP contribution is -2.52. The minimum atomic E-state index is -3.03. The molecule has 0 saturated carbocycles. The van der Waals surface area contributed by atoms with Crippen molar-refractivity contribution in [2.45, 2.75) is 6.54 Å². The number of aromatic nitrogens is 3. The normalized spacial score (nSPS) is 16.6. The minimum absolute atomic E-state index is 0.378. The van der Waals surface area contributed by atoms with Crippen molar-refractivity contribution in [3.05, 3.63) is 36.3 Å². The van der Waals surface area contributed by atoms with Gasteiger partial charge in [-0.15, -0.1) is 0 Å². The van der Waals surface area contributed by atoms with Gasteiger partial charge in [-0.1, -0.05) is 0 Å². The van der Waals surface area contributed by atoms with Crippen molar-refractivity contribution in [3.63, 3.8) is 0 Å². The molecule has 3 heterocycles. The second-order valence-corrected chi connectivity index (χ2v) is 7.57. The fraction of sp³-hybridized carbons (Fsp3) is 0.429. The number of hydrogen-bond acceptors (Lipinski definition) is 5. The maximum Gasteiger partial charge on any atom is 0.211 e. The average molecular weight is 321 g/mol. The standard InChI is InChI=1S/C14H19N5O2S/c1-22(20,21)19-9-11(10-19)5-16-7-13-8-17-18-14(13)12-3-2-4-15-6-12/h2-4,6,8,11,16H,5,7,9-10H2,1H3,(H,17,18). The summed E-state index contributed by atoms with van der Waals surface area (Å²) in [4.78, 5) is 4.11. The maximum absolute atomic E-state index is 11.3. The lowest BCUT2D eigenvalue weighted by atomic mass is 10.0. The van der Waals surface area contributed by atoms with Gasteiger partial charge in [0.25, 0.3) is 0 Å². The molecule has 8 heteroatoms. The number of nitrogens with one attached hydrogen (secondary N) is 2. The molecule has 22 heavy (non-hydrogen) atoms. The molecule has 0 aliphatic carbocycles. The van der Waals surface area contributed by atoms with Crippen LogP contribution in [0.3, 0.4) is 0 Å². The van der Waals surface area contributed by atoms with Gasteiger partial charge >= 0.3 is 0 Å². The molecule has 0 radical (unpaired) electrons. The topological polar surface area (TPSA) is 91.0 Å². The van der Waals surface area contributed by atoms with Gasteiger partial charge in [-0.2, -0.15) is 5.10 Å². The summed E-state index contributed by atoms with van der Waals surface area (Å²) >= 11 is 0. The van der Waals surface area contributed by atoms with Crippen LogP contribution in [0.4, 0.5) is 0 Å². The number of sulfonamides is 1. The highest BCUT2D eigenvalue weighted by atomic mass is 32.2. The van der Waals surface area contributed by atoms with Gasteiger partial charge in [0.15, 0.2) is 0 Å². The van der Waals surface area contributed by atoms with Gasteiger partial charge in [0, 0.05) is 49.7 Å². The Hall–Kier alpha value is -1.77. The second kappa shape index (κ2) is 6.15. The summed E-state index contributed by atoms with van der Waals surface area (Å²) in [7, 11) is -3.03. The Bertz CT molecular complexity index is 723. The molecule has 0 unspecified atom stereocenters. The van der Waals surface area contributed by atoms with Gasteiger partial charge in [-0.3, -0.25) is 10.1 Å². The van der Waals surface area contributed by atoms with Crippen LogP contribution in [0.5, 0.6) is 0 Å². The Morgan fingerprint density at radius 3 is 2.91 bits per heavy atom. The number of aromatic amines is 1. The lowest BCUT2D eigenvalue weighted by molar-refractivity contribution is 0.197. The van der Waals surface area contributed by atoms with E-state index in [1.165, 1.54) is 10.6 Å². The van der Waals surface area contributed by atoms with Crippen LogP contribution in [0.2, 0.25) is 0 Å². The molecule has 2 aromatic rings. The highest BCUT2D eigenvalue weighted by Gasteiger charge is 2.32. The highest BCUT2D eigenvalue weighted by molar-refractivity contribution is 7.88. The maximum atomic E-state index is 11.3. The van der Waals surface area contributed by atoms with Crippen LogP contribution in [0.25, 0.3) is 11.3 Å². The lowest BCUT2D eigenvalue weighted by Gasteiger charge is -2.37. The summed E-state index contributed by atoms with van der Waals surface area (Å²) in [5.41, 5.74) is 3.04. The fourth-order valence-electron chi connectivity index (χ4n) is 2.54. The van der Waals surface area contributed by atoms with E-state index in [9.17, 15) is 8.42 Å². The van der Waals surface area contributed by atoms with Crippen molar-refractivity contribution in [2.75, 3.05) is 25.9 Å². The summed E-state index contributed by atoms with van der Waals surface area (Å²) in [6, 6.07) is 3.88. The third kappa shape index (κ3) is 3.34. The monoisotopic (exact) mass is 321 g/mol. The molecular weight excluding hydrogens is 302 g/mol. The van der Waals surface area contributed by atoms with Gasteiger partial charge in [0.1, 0.15) is 0 Å². The number of pyridine rings is 1. The first kappa shape index (κ1) is 15.1. The van der Waals surface area contributed by atoms with Crippen molar-refractivity contribution in [3.8, 4) is 11.3 Å². The summed E-state index contributed by atoms with van der Waals surface area (Å²) in [5.74, 6) is 0.378. The minimum Gasteiger partial charge on any atom is -0.312 e. The van der Waals surface area contributed by atoms with Gasteiger partial charge in [0.2, 0.25) is 10.0 Å². The van der Waals surface area contributed by atoms with E-state index in [-0.39, 0.29) is 0 Å². The first-order chi connectivity index (χ1) is 10.5. The molecule has 1 aliphatic heterocycles. The fourth-order valence-corrected chi connectivity index (χ4v) is 3.50. The Morgan fingerprint density at radius 2 is 2.23 bits per heavy atom. The van der Waals surface area contributed by atoms with Gasteiger partial charge in [-0.25, -0.2) is 12.7 Å². The van der Waals surface area contributed by atoms with E-state index in [4.69, 9.17) is 0 Å². The zero-order valence-electron chi connectivity index (χ0n) is 12.4. The zero-order chi connectivity index (χ0) is 15.6. The zero-order valence-corrected chi connectivity index (χ0v) is 13.2. The van der Waals surface area contributed by atoms with E-state index in [1.807, 2.05) is 12.1 Å². The van der Waals surface area contributed by atoms with Crippen LogP contribution in [0.15, 0.2) is 30.7 Å². The molecule has 0 spiro atoms. The number of nitrogens with zero attached hydrogens (tertiary/aromatic N) is 3. The van der Waals surface area contributed by atoms with E-state index in [0.29, 0.717) is 25.6 Å². The first-order valence-corrected chi connectivity index (χ1v) is 8.97. The molecule has 1 saturated heterocycles. The summed E-state index contributed by atoms with van der Waals surface area (Å²) < 4.78 is 24.1. The molecule has 0 aromatic carbocycles. The molecular formula is C14H19N5O2S.